The Kier molecular flexibility index (Phi) is 20.3. The molecule has 1 aliphatic rings. The molecular formula is C43H73N9O7. The van der Waals surface area contributed by atoms with Crippen LogP contribution in [0.15, 0.2) is 35.4 Å². The number of ether oxygens (including phenoxy) is 2. The van der Waals surface area contributed by atoms with Crippen LogP contribution in [0.3, 0.4) is 0 Å². The number of likely N-dealkylation sites (tertiary alicyclic amines) is 1. The Morgan fingerprint density at radius 3 is 2.08 bits per heavy atom. The smallest absolute Gasteiger partial charge is 0.245 e. The zero-order valence-electron chi connectivity index (χ0n) is 38.0. The van der Waals surface area contributed by atoms with Crippen molar-refractivity contribution in [3.05, 3.63) is 46.3 Å². The minimum atomic E-state index is -1.17. The van der Waals surface area contributed by atoms with Gasteiger partial charge >= 0.3 is 0 Å². The summed E-state index contributed by atoms with van der Waals surface area (Å²) in [5, 5.41) is 12.6. The highest BCUT2D eigenvalue weighted by Gasteiger charge is 2.44. The van der Waals surface area contributed by atoms with E-state index in [1.165, 1.54) is 19.1 Å². The van der Waals surface area contributed by atoms with Crippen LogP contribution in [0.1, 0.15) is 93.6 Å². The third kappa shape index (κ3) is 14.5. The monoisotopic (exact) mass is 828 g/mol. The first kappa shape index (κ1) is 50.9. The number of rotatable bonds is 22. The fourth-order valence-corrected chi connectivity index (χ4v) is 8.25. The summed E-state index contributed by atoms with van der Waals surface area (Å²) in [6.07, 6.45) is 0.762. The van der Waals surface area contributed by atoms with Gasteiger partial charge < -0.3 is 35.2 Å². The molecule has 59 heavy (non-hydrogen) atoms. The Morgan fingerprint density at radius 1 is 0.949 bits per heavy atom. The number of nitrogens with zero attached hydrogens (tertiary/aromatic N) is 6. The van der Waals surface area contributed by atoms with Crippen molar-refractivity contribution in [3.63, 3.8) is 0 Å². The first-order valence-electron chi connectivity index (χ1n) is 20.9. The van der Waals surface area contributed by atoms with E-state index in [1.807, 2.05) is 78.8 Å². The number of nitrogens with one attached hydrogen (secondary N) is 3. The molecule has 1 aromatic rings. The van der Waals surface area contributed by atoms with Crippen molar-refractivity contribution in [2.75, 3.05) is 41.9 Å². The van der Waals surface area contributed by atoms with Crippen LogP contribution in [-0.4, -0.2) is 140 Å². The number of benzene rings is 1. The fraction of sp³-hybridized carbons (Fsp3) is 0.744. The summed E-state index contributed by atoms with van der Waals surface area (Å²) >= 11 is 0. The predicted octanol–water partition coefficient (Wildman–Crippen LogP) is 4.32. The van der Waals surface area contributed by atoms with Crippen molar-refractivity contribution in [2.45, 2.75) is 148 Å². The van der Waals surface area contributed by atoms with Crippen molar-refractivity contribution < 1.29 is 33.4 Å². The number of hydrogen-bond donors (Lipinski definition) is 3. The molecule has 1 aromatic carbocycles. The van der Waals surface area contributed by atoms with Gasteiger partial charge in [0, 0.05) is 44.7 Å². The van der Waals surface area contributed by atoms with Crippen LogP contribution >= 0.6 is 0 Å². The molecule has 1 fully saturated rings. The van der Waals surface area contributed by atoms with Crippen molar-refractivity contribution >= 4 is 29.5 Å². The molecule has 0 spiro atoms. The summed E-state index contributed by atoms with van der Waals surface area (Å²) in [4.78, 5) is 77.6. The van der Waals surface area contributed by atoms with Gasteiger partial charge in [-0.3, -0.25) is 28.9 Å². The second kappa shape index (κ2) is 23.5. The molecule has 0 aromatic heterocycles. The van der Waals surface area contributed by atoms with Crippen molar-refractivity contribution in [3.8, 4) is 0 Å². The third-order valence-corrected chi connectivity index (χ3v) is 11.4. The van der Waals surface area contributed by atoms with Gasteiger partial charge in [0.2, 0.25) is 29.5 Å². The molecule has 2 rings (SSSR count). The Hall–Kier alpha value is -4.24. The molecule has 0 unspecified atom stereocenters. The lowest BCUT2D eigenvalue weighted by Gasteiger charge is -2.41. The summed E-state index contributed by atoms with van der Waals surface area (Å²) in [6.45, 7) is 17.2. The Morgan fingerprint density at radius 2 is 1.58 bits per heavy atom. The third-order valence-electron chi connectivity index (χ3n) is 11.4. The first-order valence-corrected chi connectivity index (χ1v) is 20.9. The molecule has 0 saturated carbocycles. The van der Waals surface area contributed by atoms with E-state index in [-0.39, 0.29) is 41.9 Å². The molecule has 1 heterocycles. The molecule has 1 saturated heterocycles. The standard InChI is InChI=1S/C43H73N9O7/c1-15-27(4)37(51(12)42(57)35(29(6)48-49-44)46-41(56)36(26(2)3)50(10)11)33(58-13)25-34(53)52-23-19-22-32(52)38(59-14)28(5)39(54)45-31(40(55)47-43(7,8)9)24-30-20-17-16-18-21-30/h16-18,20-21,26-29,31-33,35-38H,15,19,22-25H2,1-14H3,(H,45,54)(H,46,56)(H,47,55)/t27-,28+,29-,31-,32-,33+,35-,36-,37-,38+/m0/s1. The number of hydrogen-bond acceptors (Lipinski definition) is 9. The normalized spacial score (nSPS) is 19.0. The van der Waals surface area contributed by atoms with Crippen molar-refractivity contribution in [2.24, 2.45) is 22.9 Å². The van der Waals surface area contributed by atoms with Gasteiger partial charge in [-0.25, -0.2) is 0 Å². The maximum Gasteiger partial charge on any atom is 0.245 e. The SMILES string of the molecule is CC[C@H](C)[C@@H]([C@@H](CC(=O)N1CCC[C@H]1[C@H](OC)[C@@H](C)C(=O)N[C@@H](Cc1ccccc1)C(=O)NC(C)(C)C)OC)N(C)C(=O)[C@@H](NC(=O)[C@H](C(C)C)N(C)C)[C@H](C)N=[N+]=[N-]. The highest BCUT2D eigenvalue weighted by atomic mass is 16.5. The van der Waals surface area contributed by atoms with Gasteiger partial charge in [0.1, 0.15) is 12.1 Å². The summed E-state index contributed by atoms with van der Waals surface area (Å²) < 4.78 is 12.0. The largest absolute Gasteiger partial charge is 0.379 e. The lowest BCUT2D eigenvalue weighted by atomic mass is 9.89. The number of methoxy groups -OCH3 is 2. The number of azide groups is 1. The van der Waals surface area contributed by atoms with E-state index in [1.54, 1.807) is 44.8 Å². The molecule has 16 heteroatoms. The highest BCUT2D eigenvalue weighted by Crippen LogP contribution is 2.30. The van der Waals surface area contributed by atoms with E-state index in [4.69, 9.17) is 9.47 Å². The molecule has 0 radical (unpaired) electrons. The number of likely N-dealkylation sites (N-methyl/N-ethyl adjacent to an activating group) is 2. The number of carbonyl (C=O) groups is 5. The number of carbonyl (C=O) groups excluding carboxylic acids is 5. The molecule has 16 nitrogen and oxygen atoms in total. The summed E-state index contributed by atoms with van der Waals surface area (Å²) in [5.41, 5.74) is 9.68. The van der Waals surface area contributed by atoms with E-state index < -0.39 is 65.8 Å². The van der Waals surface area contributed by atoms with E-state index >= 15 is 0 Å². The molecule has 0 bridgehead atoms. The molecule has 5 amide bonds. The summed E-state index contributed by atoms with van der Waals surface area (Å²) in [7, 11) is 8.22. The van der Waals surface area contributed by atoms with E-state index in [9.17, 15) is 29.5 Å². The van der Waals surface area contributed by atoms with Crippen LogP contribution in [0.2, 0.25) is 0 Å². The zero-order valence-corrected chi connectivity index (χ0v) is 38.0. The van der Waals surface area contributed by atoms with Crippen LogP contribution < -0.4 is 16.0 Å². The van der Waals surface area contributed by atoms with Crippen molar-refractivity contribution in [1.82, 2.24) is 30.7 Å². The van der Waals surface area contributed by atoms with E-state index in [0.29, 0.717) is 32.2 Å². The first-order chi connectivity index (χ1) is 27.6. The molecule has 10 atom stereocenters. The van der Waals surface area contributed by atoms with Gasteiger partial charge in [0.25, 0.3) is 0 Å². The Balaban J connectivity index is 2.36. The van der Waals surface area contributed by atoms with Gasteiger partial charge in [-0.05, 0) is 70.6 Å². The Labute approximate surface area is 352 Å². The molecule has 3 N–H and O–H groups in total. The second-order valence-corrected chi connectivity index (χ2v) is 17.7. The van der Waals surface area contributed by atoms with Gasteiger partial charge in [0.05, 0.1) is 48.7 Å². The average Bonchev–Trinajstić information content (AvgIpc) is 3.65. The fourth-order valence-electron chi connectivity index (χ4n) is 8.25. The summed E-state index contributed by atoms with van der Waals surface area (Å²) in [6, 6.07) is 5.00. The Bertz CT molecular complexity index is 1570. The van der Waals surface area contributed by atoms with Crippen LogP contribution in [0.25, 0.3) is 10.4 Å². The van der Waals surface area contributed by atoms with Gasteiger partial charge in [-0.2, -0.15) is 0 Å². The topological polar surface area (TPSA) is 198 Å². The number of amides is 5. The molecule has 0 aliphatic carbocycles. The van der Waals surface area contributed by atoms with E-state index in [0.717, 1.165) is 5.56 Å². The van der Waals surface area contributed by atoms with Gasteiger partial charge in [0.15, 0.2) is 0 Å². The quantitative estimate of drug-likeness (QED) is 0.0873. The lowest BCUT2D eigenvalue weighted by Crippen LogP contribution is -2.60. The van der Waals surface area contributed by atoms with Crippen LogP contribution in [0.5, 0.6) is 0 Å². The average molecular weight is 828 g/mol. The van der Waals surface area contributed by atoms with Gasteiger partial charge in [-0.15, -0.1) is 0 Å². The minimum Gasteiger partial charge on any atom is -0.379 e. The molecular weight excluding hydrogens is 755 g/mol. The molecule has 1 aliphatic heterocycles. The maximum atomic E-state index is 14.4. The predicted molar refractivity (Wildman–Crippen MR) is 229 cm³/mol. The zero-order chi connectivity index (χ0) is 44.8. The van der Waals surface area contributed by atoms with E-state index in [2.05, 4.69) is 26.0 Å². The van der Waals surface area contributed by atoms with Crippen LogP contribution in [-0.2, 0) is 39.9 Å². The minimum absolute atomic E-state index is 0.0639. The lowest BCUT2D eigenvalue weighted by molar-refractivity contribution is -0.147. The second-order valence-electron chi connectivity index (χ2n) is 17.7. The maximum absolute atomic E-state index is 14.4. The summed E-state index contributed by atoms with van der Waals surface area (Å²) in [5.74, 6) is -2.64. The highest BCUT2D eigenvalue weighted by molar-refractivity contribution is 5.91. The van der Waals surface area contributed by atoms with Crippen LogP contribution in [0, 0.1) is 17.8 Å². The van der Waals surface area contributed by atoms with Crippen molar-refractivity contribution in [1.29, 1.82) is 0 Å². The van der Waals surface area contributed by atoms with Gasteiger partial charge in [-0.1, -0.05) is 83.4 Å². The molecule has 332 valence electrons. The van der Waals surface area contributed by atoms with Crippen LogP contribution in [0.4, 0.5) is 0 Å².